The number of benzene rings is 1. The van der Waals surface area contributed by atoms with Gasteiger partial charge in [0.2, 0.25) is 0 Å². The molecule has 0 fully saturated rings. The minimum Gasteiger partial charge on any atom is -0.408 e. The van der Waals surface area contributed by atoms with Gasteiger partial charge in [0.15, 0.2) is 5.58 Å². The van der Waals surface area contributed by atoms with E-state index in [1.165, 1.54) is 0 Å². The Hall–Kier alpha value is -1.59. The van der Waals surface area contributed by atoms with Crippen LogP contribution in [0.4, 0.5) is 0 Å². The van der Waals surface area contributed by atoms with Crippen LogP contribution in [0.1, 0.15) is 24.9 Å². The molecular weight excluding hydrogens is 218 g/mol. The van der Waals surface area contributed by atoms with Crippen molar-refractivity contribution in [2.45, 2.75) is 25.4 Å². The number of H-pyrrole nitrogens is 1. The lowest BCUT2D eigenvalue weighted by atomic mass is 10.0. The van der Waals surface area contributed by atoms with Gasteiger partial charge in [-0.1, -0.05) is 6.07 Å². The predicted molar refractivity (Wildman–Crippen MR) is 66.9 cm³/mol. The van der Waals surface area contributed by atoms with E-state index in [2.05, 4.69) is 10.3 Å². The Morgan fingerprint density at radius 1 is 1.53 bits per heavy atom. The monoisotopic (exact) mass is 235 g/mol. The van der Waals surface area contributed by atoms with Crippen LogP contribution in [0.5, 0.6) is 0 Å². The highest BCUT2D eigenvalue weighted by Gasteiger charge is 2.12. The minimum atomic E-state index is -0.426. The zero-order valence-corrected chi connectivity index (χ0v) is 9.99. The van der Waals surface area contributed by atoms with Gasteiger partial charge in [-0.2, -0.15) is 0 Å². The fourth-order valence-corrected chi connectivity index (χ4v) is 1.98. The SMILES string of the molecule is CNC(CC(C)N)c1ccc2oc(=O)[nH]c2c1. The lowest BCUT2D eigenvalue weighted by Gasteiger charge is -2.18. The van der Waals surface area contributed by atoms with Crippen LogP contribution >= 0.6 is 0 Å². The molecule has 17 heavy (non-hydrogen) atoms. The van der Waals surface area contributed by atoms with Crippen LogP contribution in [0, 0.1) is 0 Å². The van der Waals surface area contributed by atoms with Gasteiger partial charge in [-0.25, -0.2) is 4.79 Å². The lowest BCUT2D eigenvalue weighted by Crippen LogP contribution is -2.25. The van der Waals surface area contributed by atoms with Gasteiger partial charge in [0.05, 0.1) is 5.52 Å². The number of fused-ring (bicyclic) bond motifs is 1. The van der Waals surface area contributed by atoms with Gasteiger partial charge in [0.25, 0.3) is 0 Å². The second-order valence-electron chi connectivity index (χ2n) is 4.32. The van der Waals surface area contributed by atoms with E-state index in [0.29, 0.717) is 5.58 Å². The number of nitrogens with one attached hydrogen (secondary N) is 2. The summed E-state index contributed by atoms with van der Waals surface area (Å²) in [6.45, 7) is 1.97. The Balaban J connectivity index is 2.36. The van der Waals surface area contributed by atoms with E-state index in [-0.39, 0.29) is 12.1 Å². The number of nitrogens with two attached hydrogens (primary N) is 1. The average Bonchev–Trinajstić information content (AvgIpc) is 2.64. The van der Waals surface area contributed by atoms with Gasteiger partial charge < -0.3 is 15.5 Å². The lowest BCUT2D eigenvalue weighted by molar-refractivity contribution is 0.499. The number of hydrogen-bond acceptors (Lipinski definition) is 4. The summed E-state index contributed by atoms with van der Waals surface area (Å²) < 4.78 is 4.96. The molecule has 0 saturated carbocycles. The van der Waals surface area contributed by atoms with Crippen LogP contribution in [-0.2, 0) is 0 Å². The Morgan fingerprint density at radius 3 is 2.94 bits per heavy atom. The standard InChI is InChI=1S/C12H17N3O2/c1-7(13)5-9(14-2)8-3-4-11-10(6-8)15-12(16)17-11/h3-4,6-7,9,14H,5,13H2,1-2H3,(H,15,16). The summed E-state index contributed by atoms with van der Waals surface area (Å²) in [6, 6.07) is 5.96. The molecule has 5 nitrogen and oxygen atoms in total. The molecule has 1 heterocycles. The Morgan fingerprint density at radius 2 is 2.29 bits per heavy atom. The molecule has 2 unspecified atom stereocenters. The maximum Gasteiger partial charge on any atom is 0.417 e. The molecule has 1 aromatic carbocycles. The summed E-state index contributed by atoms with van der Waals surface area (Å²) in [7, 11) is 1.90. The first-order chi connectivity index (χ1) is 8.10. The molecule has 1 aromatic heterocycles. The molecule has 0 aliphatic rings. The molecule has 0 aliphatic carbocycles. The van der Waals surface area contributed by atoms with Gasteiger partial charge in [0, 0.05) is 12.1 Å². The summed E-state index contributed by atoms with van der Waals surface area (Å²) in [6.07, 6.45) is 0.837. The maximum absolute atomic E-state index is 11.1. The second kappa shape index (κ2) is 4.73. The molecule has 5 heteroatoms. The normalized spacial score (nSPS) is 15.0. The summed E-state index contributed by atoms with van der Waals surface area (Å²) in [5.74, 6) is -0.426. The molecule has 2 aromatic rings. The van der Waals surface area contributed by atoms with Crippen molar-refractivity contribution in [3.63, 3.8) is 0 Å². The topological polar surface area (TPSA) is 84.0 Å². The van der Waals surface area contributed by atoms with E-state index in [9.17, 15) is 4.79 Å². The van der Waals surface area contributed by atoms with E-state index in [0.717, 1.165) is 17.5 Å². The quantitative estimate of drug-likeness (QED) is 0.741. The van der Waals surface area contributed by atoms with Crippen LogP contribution < -0.4 is 16.8 Å². The van der Waals surface area contributed by atoms with Crippen molar-refractivity contribution >= 4 is 11.1 Å². The van der Waals surface area contributed by atoms with Crippen molar-refractivity contribution in [2.24, 2.45) is 5.73 Å². The highest BCUT2D eigenvalue weighted by atomic mass is 16.4. The fraction of sp³-hybridized carbons (Fsp3) is 0.417. The molecule has 0 spiro atoms. The second-order valence-corrected chi connectivity index (χ2v) is 4.32. The van der Waals surface area contributed by atoms with Crippen molar-refractivity contribution < 1.29 is 4.42 Å². The summed E-state index contributed by atoms with van der Waals surface area (Å²) in [5.41, 5.74) is 8.20. The van der Waals surface area contributed by atoms with Crippen LogP contribution in [0.25, 0.3) is 11.1 Å². The zero-order valence-electron chi connectivity index (χ0n) is 9.99. The van der Waals surface area contributed by atoms with E-state index < -0.39 is 5.76 Å². The van der Waals surface area contributed by atoms with Crippen molar-refractivity contribution in [1.82, 2.24) is 10.3 Å². The van der Waals surface area contributed by atoms with E-state index in [1.54, 1.807) is 6.07 Å². The third-order valence-electron chi connectivity index (χ3n) is 2.80. The van der Waals surface area contributed by atoms with Crippen LogP contribution in [0.15, 0.2) is 27.4 Å². The molecule has 0 bridgehead atoms. The summed E-state index contributed by atoms with van der Waals surface area (Å²) >= 11 is 0. The molecule has 0 saturated heterocycles. The van der Waals surface area contributed by atoms with Gasteiger partial charge in [0.1, 0.15) is 0 Å². The number of oxazole rings is 1. The number of aromatic amines is 1. The van der Waals surface area contributed by atoms with Crippen molar-refractivity contribution in [3.05, 3.63) is 34.3 Å². The molecular formula is C12H17N3O2. The van der Waals surface area contributed by atoms with Gasteiger partial charge in [-0.15, -0.1) is 0 Å². The number of aromatic nitrogens is 1. The molecule has 0 radical (unpaired) electrons. The van der Waals surface area contributed by atoms with Crippen molar-refractivity contribution in [1.29, 1.82) is 0 Å². The number of hydrogen-bond donors (Lipinski definition) is 3. The van der Waals surface area contributed by atoms with E-state index in [4.69, 9.17) is 10.2 Å². The summed E-state index contributed by atoms with van der Waals surface area (Å²) in [4.78, 5) is 13.7. The highest BCUT2D eigenvalue weighted by Crippen LogP contribution is 2.21. The first-order valence-electron chi connectivity index (χ1n) is 5.65. The summed E-state index contributed by atoms with van der Waals surface area (Å²) in [5, 5.41) is 3.22. The van der Waals surface area contributed by atoms with Gasteiger partial charge >= 0.3 is 5.76 Å². The Kier molecular flexibility index (Phi) is 3.31. The van der Waals surface area contributed by atoms with E-state index >= 15 is 0 Å². The van der Waals surface area contributed by atoms with E-state index in [1.807, 2.05) is 26.1 Å². The minimum absolute atomic E-state index is 0.117. The molecule has 2 atom stereocenters. The largest absolute Gasteiger partial charge is 0.417 e. The molecule has 0 aliphatic heterocycles. The smallest absolute Gasteiger partial charge is 0.408 e. The first kappa shape index (κ1) is 11.9. The van der Waals surface area contributed by atoms with Crippen LogP contribution in [-0.4, -0.2) is 18.1 Å². The third-order valence-corrected chi connectivity index (χ3v) is 2.80. The maximum atomic E-state index is 11.1. The number of rotatable bonds is 4. The molecule has 0 amide bonds. The highest BCUT2D eigenvalue weighted by molar-refractivity contribution is 5.72. The molecule has 92 valence electrons. The molecule has 4 N–H and O–H groups in total. The fourth-order valence-electron chi connectivity index (χ4n) is 1.98. The van der Waals surface area contributed by atoms with Crippen LogP contribution in [0.2, 0.25) is 0 Å². The Bertz CT molecular complexity index is 556. The van der Waals surface area contributed by atoms with Gasteiger partial charge in [-0.3, -0.25) is 4.98 Å². The molecule has 2 rings (SSSR count). The van der Waals surface area contributed by atoms with Gasteiger partial charge in [-0.05, 0) is 38.1 Å². The van der Waals surface area contributed by atoms with Crippen molar-refractivity contribution in [2.75, 3.05) is 7.05 Å². The van der Waals surface area contributed by atoms with Crippen molar-refractivity contribution in [3.8, 4) is 0 Å². The predicted octanol–water partition coefficient (Wildman–Crippen LogP) is 1.12. The Labute approximate surface area is 99.0 Å². The average molecular weight is 235 g/mol. The van der Waals surface area contributed by atoms with Crippen LogP contribution in [0.3, 0.4) is 0 Å². The first-order valence-corrected chi connectivity index (χ1v) is 5.65. The third kappa shape index (κ3) is 2.57. The zero-order chi connectivity index (χ0) is 12.4.